The predicted molar refractivity (Wildman–Crippen MR) is 59.4 cm³/mol. The molecular weight excluding hydrogens is 192 g/mol. The van der Waals surface area contributed by atoms with Gasteiger partial charge in [-0.2, -0.15) is 0 Å². The molecule has 0 amide bonds. The second kappa shape index (κ2) is 6.45. The molecule has 1 saturated carbocycles. The lowest BCUT2D eigenvalue weighted by Gasteiger charge is -2.19. The number of rotatable bonds is 7. The van der Waals surface area contributed by atoms with E-state index in [4.69, 9.17) is 0 Å². The summed E-state index contributed by atoms with van der Waals surface area (Å²) in [6.45, 7) is 5.19. The Labute approximate surface area is 91.3 Å². The number of carbonyl (C=O) groups is 1. The van der Waals surface area contributed by atoms with Gasteiger partial charge in [0.2, 0.25) is 0 Å². The molecule has 0 bridgehead atoms. The minimum Gasteiger partial charge on any atom is -0.466 e. The van der Waals surface area contributed by atoms with Crippen LogP contribution in [0.25, 0.3) is 0 Å². The van der Waals surface area contributed by atoms with Gasteiger partial charge in [0.25, 0.3) is 0 Å². The maximum atomic E-state index is 10.7. The van der Waals surface area contributed by atoms with Gasteiger partial charge in [-0.3, -0.25) is 4.90 Å². The molecular formula is C11H20N2O2. The monoisotopic (exact) mass is 212 g/mol. The Morgan fingerprint density at radius 1 is 1.60 bits per heavy atom. The third-order valence-corrected chi connectivity index (χ3v) is 2.55. The van der Waals surface area contributed by atoms with Crippen molar-refractivity contribution in [3.8, 4) is 0 Å². The van der Waals surface area contributed by atoms with Crippen LogP contribution in [0.4, 0.5) is 0 Å². The molecule has 4 nitrogen and oxygen atoms in total. The topological polar surface area (TPSA) is 41.6 Å². The summed E-state index contributed by atoms with van der Waals surface area (Å²) in [6, 6.07) is 0.807. The highest BCUT2D eigenvalue weighted by molar-refractivity contribution is 5.81. The fourth-order valence-electron chi connectivity index (χ4n) is 1.53. The number of methoxy groups -OCH3 is 1. The van der Waals surface area contributed by atoms with E-state index in [1.165, 1.54) is 26.0 Å². The molecule has 1 aliphatic rings. The van der Waals surface area contributed by atoms with Gasteiger partial charge in [0.15, 0.2) is 0 Å². The Bertz CT molecular complexity index is 225. The van der Waals surface area contributed by atoms with Crippen LogP contribution in [0.2, 0.25) is 0 Å². The summed E-state index contributed by atoms with van der Waals surface area (Å²) in [4.78, 5) is 13.2. The molecule has 0 aliphatic heterocycles. The average Bonchev–Trinajstić information content (AvgIpc) is 3.06. The van der Waals surface area contributed by atoms with E-state index in [0.717, 1.165) is 25.7 Å². The molecule has 0 unspecified atom stereocenters. The smallest absolute Gasteiger partial charge is 0.331 e. The van der Waals surface area contributed by atoms with E-state index in [9.17, 15) is 4.79 Å². The zero-order chi connectivity index (χ0) is 11.1. The summed E-state index contributed by atoms with van der Waals surface area (Å²) in [5.74, 6) is -0.322. The average molecular weight is 212 g/mol. The van der Waals surface area contributed by atoms with Crippen molar-refractivity contribution in [1.82, 2.24) is 10.2 Å². The largest absolute Gasteiger partial charge is 0.466 e. The quantitative estimate of drug-likeness (QED) is 0.384. The number of esters is 1. The summed E-state index contributed by atoms with van der Waals surface area (Å²) in [5.41, 5.74) is 0. The molecule has 0 spiro atoms. The highest BCUT2D eigenvalue weighted by atomic mass is 16.5. The summed E-state index contributed by atoms with van der Waals surface area (Å²) >= 11 is 0. The predicted octanol–water partition coefficient (Wildman–Crippen LogP) is 0.747. The number of carbonyl (C=O) groups excluding carboxylic acids is 1. The van der Waals surface area contributed by atoms with Crippen LogP contribution in [-0.4, -0.2) is 43.7 Å². The van der Waals surface area contributed by atoms with Crippen molar-refractivity contribution in [2.24, 2.45) is 0 Å². The Balaban J connectivity index is 2.04. The molecule has 0 atom stereocenters. The van der Waals surface area contributed by atoms with Crippen LogP contribution in [0.15, 0.2) is 12.3 Å². The van der Waals surface area contributed by atoms with E-state index in [-0.39, 0.29) is 5.97 Å². The molecule has 86 valence electrons. The fourth-order valence-corrected chi connectivity index (χ4v) is 1.53. The molecule has 0 radical (unpaired) electrons. The van der Waals surface area contributed by atoms with E-state index < -0.39 is 0 Å². The molecule has 0 heterocycles. The van der Waals surface area contributed by atoms with Crippen molar-refractivity contribution in [2.45, 2.75) is 25.8 Å². The normalized spacial score (nSPS) is 15.9. The zero-order valence-corrected chi connectivity index (χ0v) is 9.53. The van der Waals surface area contributed by atoms with Crippen molar-refractivity contribution in [3.63, 3.8) is 0 Å². The van der Waals surface area contributed by atoms with Gasteiger partial charge in [0.05, 0.1) is 7.11 Å². The first kappa shape index (κ1) is 12.0. The van der Waals surface area contributed by atoms with Crippen LogP contribution < -0.4 is 5.32 Å². The van der Waals surface area contributed by atoms with Gasteiger partial charge in [-0.05, 0) is 19.4 Å². The van der Waals surface area contributed by atoms with Crippen LogP contribution >= 0.6 is 0 Å². The van der Waals surface area contributed by atoms with Gasteiger partial charge in [0.1, 0.15) is 0 Å². The number of likely N-dealkylation sites (N-methyl/N-ethyl adjacent to an activating group) is 1. The van der Waals surface area contributed by atoms with Crippen molar-refractivity contribution in [1.29, 1.82) is 0 Å². The minimum atomic E-state index is -0.322. The van der Waals surface area contributed by atoms with E-state index in [0.29, 0.717) is 0 Å². The fraction of sp³-hybridized carbons (Fsp3) is 0.727. The molecule has 1 rings (SSSR count). The van der Waals surface area contributed by atoms with Crippen molar-refractivity contribution >= 4 is 5.97 Å². The summed E-state index contributed by atoms with van der Waals surface area (Å²) in [7, 11) is 1.37. The number of nitrogens with one attached hydrogen (secondary N) is 1. The lowest BCUT2D eigenvalue weighted by Crippen LogP contribution is -2.32. The van der Waals surface area contributed by atoms with Gasteiger partial charge in [-0.25, -0.2) is 4.79 Å². The number of hydrogen-bond acceptors (Lipinski definition) is 4. The Hall–Kier alpha value is -1.03. The lowest BCUT2D eigenvalue weighted by atomic mass is 10.4. The molecule has 0 saturated heterocycles. The highest BCUT2D eigenvalue weighted by Crippen LogP contribution is 2.25. The van der Waals surface area contributed by atoms with E-state index in [1.54, 1.807) is 6.20 Å². The summed E-state index contributed by atoms with van der Waals surface area (Å²) in [5, 5.41) is 3.08. The summed E-state index contributed by atoms with van der Waals surface area (Å²) in [6.07, 6.45) is 5.72. The molecule has 1 aliphatic carbocycles. The maximum absolute atomic E-state index is 10.7. The van der Waals surface area contributed by atoms with Gasteiger partial charge >= 0.3 is 5.97 Å². The SMILES string of the molecule is CCN(CCN/C=C/C(=O)OC)C1CC1. The maximum Gasteiger partial charge on any atom is 0.331 e. The van der Waals surface area contributed by atoms with Gasteiger partial charge in [-0.1, -0.05) is 6.92 Å². The minimum absolute atomic E-state index is 0.322. The van der Waals surface area contributed by atoms with Crippen molar-refractivity contribution in [2.75, 3.05) is 26.7 Å². The van der Waals surface area contributed by atoms with Crippen LogP contribution in [0.5, 0.6) is 0 Å². The number of ether oxygens (including phenoxy) is 1. The third-order valence-electron chi connectivity index (χ3n) is 2.55. The van der Waals surface area contributed by atoms with Crippen LogP contribution in [0.1, 0.15) is 19.8 Å². The lowest BCUT2D eigenvalue weighted by molar-refractivity contribution is -0.134. The van der Waals surface area contributed by atoms with Gasteiger partial charge in [0, 0.05) is 31.4 Å². The van der Waals surface area contributed by atoms with Crippen LogP contribution in [0.3, 0.4) is 0 Å². The van der Waals surface area contributed by atoms with Gasteiger partial charge in [-0.15, -0.1) is 0 Å². The Morgan fingerprint density at radius 3 is 2.87 bits per heavy atom. The molecule has 0 aromatic rings. The zero-order valence-electron chi connectivity index (χ0n) is 9.53. The Morgan fingerprint density at radius 2 is 2.33 bits per heavy atom. The molecule has 1 N–H and O–H groups in total. The first-order valence-corrected chi connectivity index (χ1v) is 5.49. The third kappa shape index (κ3) is 4.83. The standard InChI is InChI=1S/C11H20N2O2/c1-3-13(10-4-5-10)9-8-12-7-6-11(14)15-2/h6-7,10,12H,3-5,8-9H2,1-2H3/b7-6+. The van der Waals surface area contributed by atoms with Crippen molar-refractivity contribution in [3.05, 3.63) is 12.3 Å². The first-order valence-electron chi connectivity index (χ1n) is 5.49. The van der Waals surface area contributed by atoms with Crippen LogP contribution in [-0.2, 0) is 9.53 Å². The van der Waals surface area contributed by atoms with Gasteiger partial charge < -0.3 is 10.1 Å². The van der Waals surface area contributed by atoms with Crippen molar-refractivity contribution < 1.29 is 9.53 Å². The van der Waals surface area contributed by atoms with E-state index >= 15 is 0 Å². The van der Waals surface area contributed by atoms with Crippen LogP contribution in [0, 0.1) is 0 Å². The van der Waals surface area contributed by atoms with E-state index in [2.05, 4.69) is 21.9 Å². The second-order valence-corrected chi connectivity index (χ2v) is 3.67. The Kier molecular flexibility index (Phi) is 5.18. The molecule has 15 heavy (non-hydrogen) atoms. The number of hydrogen-bond donors (Lipinski definition) is 1. The second-order valence-electron chi connectivity index (χ2n) is 3.67. The van der Waals surface area contributed by atoms with E-state index in [1.807, 2.05) is 0 Å². The number of nitrogens with zero attached hydrogens (tertiary/aromatic N) is 1. The molecule has 0 aromatic carbocycles. The first-order chi connectivity index (χ1) is 7.27. The molecule has 1 fully saturated rings. The molecule has 0 aromatic heterocycles. The summed E-state index contributed by atoms with van der Waals surface area (Å²) < 4.78 is 4.47. The molecule has 4 heteroatoms. The highest BCUT2D eigenvalue weighted by Gasteiger charge is 2.26.